The first-order valence-electron chi connectivity index (χ1n) is 9.30. The standard InChI is InChI=1S/C22H17ClF3N3O3/c23-16-8-6-14(7-9-16)12-28-19(30)13-32-21(31)18-5-2-10-27-20(18)29-17-4-1-3-15(11-17)22(24,25)26/h1-11H,12-13H2,(H,27,29)(H,28,30). The number of carbonyl (C=O) groups excluding carboxylic acids is 2. The summed E-state index contributed by atoms with van der Waals surface area (Å²) in [6, 6.07) is 14.2. The zero-order valence-electron chi connectivity index (χ0n) is 16.4. The van der Waals surface area contributed by atoms with Crippen LogP contribution in [0.1, 0.15) is 21.5 Å². The summed E-state index contributed by atoms with van der Waals surface area (Å²) in [5, 5.41) is 5.85. The van der Waals surface area contributed by atoms with E-state index in [4.69, 9.17) is 16.3 Å². The van der Waals surface area contributed by atoms with Gasteiger partial charge in [-0.15, -0.1) is 0 Å². The number of halogens is 4. The number of amides is 1. The van der Waals surface area contributed by atoms with E-state index in [1.165, 1.54) is 30.5 Å². The number of hydrogen-bond acceptors (Lipinski definition) is 5. The van der Waals surface area contributed by atoms with Gasteiger partial charge in [-0.25, -0.2) is 9.78 Å². The van der Waals surface area contributed by atoms with E-state index in [9.17, 15) is 22.8 Å². The monoisotopic (exact) mass is 463 g/mol. The summed E-state index contributed by atoms with van der Waals surface area (Å²) in [4.78, 5) is 28.4. The quantitative estimate of drug-likeness (QED) is 0.483. The predicted octanol–water partition coefficient (Wildman–Crippen LogP) is 4.97. The molecule has 0 aliphatic heterocycles. The molecule has 32 heavy (non-hydrogen) atoms. The lowest BCUT2D eigenvalue weighted by Gasteiger charge is -2.13. The number of nitrogens with zero attached hydrogens (tertiary/aromatic N) is 1. The fraction of sp³-hybridized carbons (Fsp3) is 0.136. The lowest BCUT2D eigenvalue weighted by Crippen LogP contribution is -2.28. The van der Waals surface area contributed by atoms with Crippen molar-refractivity contribution in [1.29, 1.82) is 0 Å². The van der Waals surface area contributed by atoms with Crippen molar-refractivity contribution >= 4 is 35.0 Å². The van der Waals surface area contributed by atoms with Crippen molar-refractivity contribution in [2.75, 3.05) is 11.9 Å². The van der Waals surface area contributed by atoms with Gasteiger partial charge in [0.1, 0.15) is 11.4 Å². The highest BCUT2D eigenvalue weighted by Crippen LogP contribution is 2.31. The highest BCUT2D eigenvalue weighted by molar-refractivity contribution is 6.30. The number of alkyl halides is 3. The Balaban J connectivity index is 1.60. The van der Waals surface area contributed by atoms with Crippen molar-refractivity contribution in [2.24, 2.45) is 0 Å². The second kappa shape index (κ2) is 10.1. The summed E-state index contributed by atoms with van der Waals surface area (Å²) in [5.74, 6) is -1.38. The summed E-state index contributed by atoms with van der Waals surface area (Å²) in [6.07, 6.45) is -3.14. The Morgan fingerprint density at radius 2 is 1.78 bits per heavy atom. The smallest absolute Gasteiger partial charge is 0.416 e. The number of ether oxygens (including phenoxy) is 1. The Morgan fingerprint density at radius 3 is 2.50 bits per heavy atom. The van der Waals surface area contributed by atoms with Gasteiger partial charge in [-0.2, -0.15) is 13.2 Å². The molecule has 0 radical (unpaired) electrons. The molecule has 0 unspecified atom stereocenters. The van der Waals surface area contributed by atoms with Crippen LogP contribution in [0.3, 0.4) is 0 Å². The van der Waals surface area contributed by atoms with Gasteiger partial charge < -0.3 is 15.4 Å². The molecule has 0 spiro atoms. The molecule has 6 nitrogen and oxygen atoms in total. The maximum Gasteiger partial charge on any atom is 0.416 e. The van der Waals surface area contributed by atoms with Gasteiger partial charge in [0.25, 0.3) is 5.91 Å². The molecule has 2 N–H and O–H groups in total. The zero-order chi connectivity index (χ0) is 23.1. The minimum atomic E-state index is -4.51. The normalized spacial score (nSPS) is 11.0. The molecule has 0 saturated carbocycles. The van der Waals surface area contributed by atoms with Crippen LogP contribution in [0.2, 0.25) is 5.02 Å². The van der Waals surface area contributed by atoms with Crippen LogP contribution in [0, 0.1) is 0 Å². The number of esters is 1. The second-order valence-corrected chi connectivity index (χ2v) is 7.02. The second-order valence-electron chi connectivity index (χ2n) is 6.58. The van der Waals surface area contributed by atoms with Crippen LogP contribution >= 0.6 is 11.6 Å². The molecule has 166 valence electrons. The first-order chi connectivity index (χ1) is 15.2. The van der Waals surface area contributed by atoms with Crippen LogP contribution in [0.25, 0.3) is 0 Å². The maximum absolute atomic E-state index is 12.9. The highest BCUT2D eigenvalue weighted by Gasteiger charge is 2.30. The van der Waals surface area contributed by atoms with Gasteiger partial charge in [-0.3, -0.25) is 4.79 Å². The molecule has 1 heterocycles. The van der Waals surface area contributed by atoms with Crippen molar-refractivity contribution in [3.05, 3.63) is 88.6 Å². The summed E-state index contributed by atoms with van der Waals surface area (Å²) < 4.78 is 43.8. The third-order valence-electron chi connectivity index (χ3n) is 4.22. The number of benzene rings is 2. The minimum absolute atomic E-state index is 0.00148. The first kappa shape index (κ1) is 23.1. The molecule has 0 aliphatic carbocycles. The van der Waals surface area contributed by atoms with Gasteiger partial charge in [0.15, 0.2) is 6.61 Å². The summed E-state index contributed by atoms with van der Waals surface area (Å²) in [6.45, 7) is -0.312. The Morgan fingerprint density at radius 1 is 1.03 bits per heavy atom. The minimum Gasteiger partial charge on any atom is -0.452 e. The van der Waals surface area contributed by atoms with E-state index in [-0.39, 0.29) is 23.6 Å². The molecule has 3 rings (SSSR count). The van der Waals surface area contributed by atoms with Crippen molar-refractivity contribution in [2.45, 2.75) is 12.7 Å². The number of rotatable bonds is 7. The number of nitrogens with one attached hydrogen (secondary N) is 2. The molecule has 0 fully saturated rings. The van der Waals surface area contributed by atoms with Crippen molar-refractivity contribution in [1.82, 2.24) is 10.3 Å². The van der Waals surface area contributed by atoms with E-state index in [1.54, 1.807) is 24.3 Å². The van der Waals surface area contributed by atoms with Crippen molar-refractivity contribution in [3.8, 4) is 0 Å². The fourth-order valence-corrected chi connectivity index (χ4v) is 2.77. The number of carbonyl (C=O) groups is 2. The van der Waals surface area contributed by atoms with Gasteiger partial charge >= 0.3 is 12.1 Å². The third-order valence-corrected chi connectivity index (χ3v) is 4.47. The van der Waals surface area contributed by atoms with Crippen LogP contribution in [-0.4, -0.2) is 23.5 Å². The van der Waals surface area contributed by atoms with Crippen LogP contribution < -0.4 is 10.6 Å². The van der Waals surface area contributed by atoms with Gasteiger partial charge in [-0.05, 0) is 48.0 Å². The van der Waals surface area contributed by atoms with Gasteiger partial charge in [0.05, 0.1) is 5.56 Å². The molecule has 0 atom stereocenters. The van der Waals surface area contributed by atoms with Crippen LogP contribution in [0.5, 0.6) is 0 Å². The number of hydrogen-bond donors (Lipinski definition) is 2. The molecule has 10 heteroatoms. The molecule has 0 bridgehead atoms. The summed E-state index contributed by atoms with van der Waals surface area (Å²) in [7, 11) is 0. The topological polar surface area (TPSA) is 80.3 Å². The molecule has 1 aromatic heterocycles. The summed E-state index contributed by atoms with van der Waals surface area (Å²) in [5.41, 5.74) is 0.0255. The number of pyridine rings is 1. The average Bonchev–Trinajstić information content (AvgIpc) is 2.77. The van der Waals surface area contributed by atoms with E-state index in [2.05, 4.69) is 15.6 Å². The van der Waals surface area contributed by atoms with Crippen molar-refractivity contribution in [3.63, 3.8) is 0 Å². The Labute approximate surface area is 186 Å². The van der Waals surface area contributed by atoms with Crippen LogP contribution in [0.4, 0.5) is 24.7 Å². The molecule has 3 aromatic rings. The van der Waals surface area contributed by atoms with E-state index >= 15 is 0 Å². The lowest BCUT2D eigenvalue weighted by molar-refractivity contribution is -0.137. The molecule has 1 amide bonds. The Bertz CT molecular complexity index is 1110. The zero-order valence-corrected chi connectivity index (χ0v) is 17.2. The molecule has 0 saturated heterocycles. The van der Waals surface area contributed by atoms with Crippen LogP contribution in [-0.2, 0) is 22.3 Å². The molecule has 0 aliphatic rings. The lowest BCUT2D eigenvalue weighted by atomic mass is 10.2. The van der Waals surface area contributed by atoms with E-state index in [0.29, 0.717) is 5.02 Å². The predicted molar refractivity (Wildman–Crippen MR) is 113 cm³/mol. The number of aromatic nitrogens is 1. The Hall–Kier alpha value is -3.59. The van der Waals surface area contributed by atoms with E-state index in [1.807, 2.05) is 0 Å². The summed E-state index contributed by atoms with van der Waals surface area (Å²) >= 11 is 5.80. The third kappa shape index (κ3) is 6.45. The van der Waals surface area contributed by atoms with Gasteiger partial charge in [-0.1, -0.05) is 29.8 Å². The van der Waals surface area contributed by atoms with E-state index in [0.717, 1.165) is 17.7 Å². The van der Waals surface area contributed by atoms with E-state index < -0.39 is 30.2 Å². The van der Waals surface area contributed by atoms with Crippen molar-refractivity contribution < 1.29 is 27.5 Å². The van der Waals surface area contributed by atoms with Crippen LogP contribution in [0.15, 0.2) is 66.9 Å². The number of anilines is 2. The van der Waals surface area contributed by atoms with Gasteiger partial charge in [0, 0.05) is 23.5 Å². The first-order valence-corrected chi connectivity index (χ1v) is 9.68. The maximum atomic E-state index is 12.9. The molecular weight excluding hydrogens is 447 g/mol. The Kier molecular flexibility index (Phi) is 7.32. The highest BCUT2D eigenvalue weighted by atomic mass is 35.5. The largest absolute Gasteiger partial charge is 0.452 e. The molecule has 2 aromatic carbocycles. The average molecular weight is 464 g/mol. The molecular formula is C22H17ClF3N3O3. The SMILES string of the molecule is O=C(COC(=O)c1cccnc1Nc1cccc(C(F)(F)F)c1)NCc1ccc(Cl)cc1. The van der Waals surface area contributed by atoms with Gasteiger partial charge in [0.2, 0.25) is 0 Å². The fourth-order valence-electron chi connectivity index (χ4n) is 2.64.